The summed E-state index contributed by atoms with van der Waals surface area (Å²) in [5.41, 5.74) is 2.94. The van der Waals surface area contributed by atoms with E-state index in [0.29, 0.717) is 16.1 Å². The number of Topliss-reactive ketones (excluding diaryl/α,β-unsaturated/α-hetero) is 2. The van der Waals surface area contributed by atoms with E-state index in [-0.39, 0.29) is 17.1 Å². The van der Waals surface area contributed by atoms with Crippen molar-refractivity contribution in [1.29, 1.82) is 0 Å². The fourth-order valence-electron chi connectivity index (χ4n) is 3.89. The largest absolute Gasteiger partial charge is 0.326 e. The maximum atomic E-state index is 13.0. The normalized spacial score (nSPS) is 13.6. The summed E-state index contributed by atoms with van der Waals surface area (Å²) < 4.78 is 2.99. The van der Waals surface area contributed by atoms with Crippen LogP contribution in [-0.2, 0) is 7.05 Å². The molecule has 3 heterocycles. The van der Waals surface area contributed by atoms with Gasteiger partial charge < -0.3 is 4.57 Å². The number of thiazole rings is 2. The Morgan fingerprint density at radius 2 is 1.70 bits per heavy atom. The minimum absolute atomic E-state index is 0.180. The SMILES string of the molecule is Cn1c(-c2nccs2)cc2sc(C=C3C(=O)c4cc5ccccc5cc4C3=O)nc21. The van der Waals surface area contributed by atoms with E-state index in [4.69, 9.17) is 0 Å². The molecule has 0 bridgehead atoms. The molecule has 7 heteroatoms. The van der Waals surface area contributed by atoms with Crippen LogP contribution in [0.25, 0.3) is 37.9 Å². The van der Waals surface area contributed by atoms with Crippen molar-refractivity contribution in [3.8, 4) is 10.7 Å². The summed E-state index contributed by atoms with van der Waals surface area (Å²) in [4.78, 5) is 35.0. The number of allylic oxidation sites excluding steroid dienone is 1. The topological polar surface area (TPSA) is 64.8 Å². The standard InChI is InChI=1S/C23H13N3O2S2/c1-26-17(23-24-6-7-29-23)11-18-22(26)25-19(30-18)10-16-20(27)14-8-12-4-2-3-5-13(12)9-15(14)21(16)28/h2-11H,1H3. The molecule has 5 aromatic rings. The average molecular weight is 428 g/mol. The van der Waals surface area contributed by atoms with E-state index in [0.717, 1.165) is 31.8 Å². The highest BCUT2D eigenvalue weighted by Crippen LogP contribution is 2.35. The monoisotopic (exact) mass is 427 g/mol. The molecular weight excluding hydrogens is 414 g/mol. The van der Waals surface area contributed by atoms with Gasteiger partial charge in [0.25, 0.3) is 0 Å². The summed E-state index contributed by atoms with van der Waals surface area (Å²) in [5.74, 6) is -0.466. The molecule has 0 spiro atoms. The van der Waals surface area contributed by atoms with E-state index in [9.17, 15) is 9.59 Å². The van der Waals surface area contributed by atoms with Crippen LogP contribution in [0.2, 0.25) is 0 Å². The van der Waals surface area contributed by atoms with Crippen molar-refractivity contribution in [3.05, 3.63) is 75.7 Å². The number of hydrogen-bond donors (Lipinski definition) is 0. The summed E-state index contributed by atoms with van der Waals surface area (Å²) in [6.07, 6.45) is 3.41. The number of aromatic nitrogens is 3. The number of benzene rings is 2. The molecule has 0 radical (unpaired) electrons. The summed E-state index contributed by atoms with van der Waals surface area (Å²) in [6, 6.07) is 13.4. The Hall–Kier alpha value is -3.42. The molecule has 1 aliphatic carbocycles. The average Bonchev–Trinajstić information content (AvgIpc) is 3.51. The molecule has 0 saturated carbocycles. The third kappa shape index (κ3) is 2.46. The third-order valence-corrected chi connectivity index (χ3v) is 7.12. The number of aryl methyl sites for hydroxylation is 1. The Balaban J connectivity index is 1.43. The second kappa shape index (κ2) is 6.29. The van der Waals surface area contributed by atoms with Gasteiger partial charge in [0, 0.05) is 29.8 Å². The van der Waals surface area contributed by atoms with Crippen molar-refractivity contribution in [1.82, 2.24) is 14.5 Å². The van der Waals surface area contributed by atoms with E-state index in [1.165, 1.54) is 11.3 Å². The minimum atomic E-state index is -0.233. The van der Waals surface area contributed by atoms with Crippen LogP contribution >= 0.6 is 22.7 Å². The number of fused-ring (bicyclic) bond motifs is 3. The van der Waals surface area contributed by atoms with Gasteiger partial charge >= 0.3 is 0 Å². The lowest BCUT2D eigenvalue weighted by atomic mass is 10.0. The summed E-state index contributed by atoms with van der Waals surface area (Å²) >= 11 is 3.04. The Morgan fingerprint density at radius 1 is 1.00 bits per heavy atom. The highest BCUT2D eigenvalue weighted by atomic mass is 32.1. The molecular formula is C23H13N3O2S2. The van der Waals surface area contributed by atoms with Crippen LogP contribution in [0, 0.1) is 0 Å². The zero-order valence-electron chi connectivity index (χ0n) is 15.7. The lowest BCUT2D eigenvalue weighted by Gasteiger charge is -2.00. The van der Waals surface area contributed by atoms with Gasteiger partial charge in [0.1, 0.15) is 10.0 Å². The van der Waals surface area contributed by atoms with Crippen molar-refractivity contribution in [2.75, 3.05) is 0 Å². The van der Waals surface area contributed by atoms with E-state index >= 15 is 0 Å². The smallest absolute Gasteiger partial charge is 0.197 e. The predicted molar refractivity (Wildman–Crippen MR) is 120 cm³/mol. The van der Waals surface area contributed by atoms with Crippen molar-refractivity contribution in [2.45, 2.75) is 0 Å². The summed E-state index contributed by atoms with van der Waals surface area (Å²) in [6.45, 7) is 0. The van der Waals surface area contributed by atoms with Crippen molar-refractivity contribution in [3.63, 3.8) is 0 Å². The first kappa shape index (κ1) is 17.4. The van der Waals surface area contributed by atoms with Crippen molar-refractivity contribution in [2.24, 2.45) is 7.05 Å². The molecule has 144 valence electrons. The zero-order valence-corrected chi connectivity index (χ0v) is 17.4. The minimum Gasteiger partial charge on any atom is -0.326 e. The molecule has 0 amide bonds. The van der Waals surface area contributed by atoms with Crippen LogP contribution in [0.5, 0.6) is 0 Å². The van der Waals surface area contributed by atoms with Crippen LogP contribution in [0.15, 0.2) is 59.6 Å². The number of nitrogens with zero attached hydrogens (tertiary/aromatic N) is 3. The molecule has 0 unspecified atom stereocenters. The highest BCUT2D eigenvalue weighted by Gasteiger charge is 2.33. The Labute approximate surface area is 179 Å². The molecule has 0 atom stereocenters. The van der Waals surface area contributed by atoms with Crippen LogP contribution in [0.4, 0.5) is 0 Å². The first-order valence-corrected chi connectivity index (χ1v) is 11.0. The maximum Gasteiger partial charge on any atom is 0.197 e. The maximum absolute atomic E-state index is 13.0. The van der Waals surface area contributed by atoms with Crippen LogP contribution in [-0.4, -0.2) is 26.1 Å². The lowest BCUT2D eigenvalue weighted by molar-refractivity contribution is 0.0990. The van der Waals surface area contributed by atoms with Gasteiger partial charge in [-0.05, 0) is 35.0 Å². The number of ketones is 2. The summed E-state index contributed by atoms with van der Waals surface area (Å²) in [5, 5.41) is 5.43. The molecule has 6 rings (SSSR count). The molecule has 1 aliphatic rings. The fraction of sp³-hybridized carbons (Fsp3) is 0.0435. The van der Waals surface area contributed by atoms with Crippen molar-refractivity contribution >= 4 is 61.4 Å². The van der Waals surface area contributed by atoms with Crippen LogP contribution in [0.1, 0.15) is 25.7 Å². The van der Waals surface area contributed by atoms with Gasteiger partial charge in [0.05, 0.1) is 16.0 Å². The van der Waals surface area contributed by atoms with Gasteiger partial charge in [-0.25, -0.2) is 9.97 Å². The van der Waals surface area contributed by atoms with Gasteiger partial charge in [-0.15, -0.1) is 22.7 Å². The predicted octanol–water partition coefficient (Wildman–Crippen LogP) is 5.37. The molecule has 0 N–H and O–H groups in total. The highest BCUT2D eigenvalue weighted by molar-refractivity contribution is 7.19. The molecule has 0 aliphatic heterocycles. The number of hydrogen-bond acceptors (Lipinski definition) is 6. The first-order valence-electron chi connectivity index (χ1n) is 9.30. The van der Waals surface area contributed by atoms with Gasteiger partial charge in [-0.2, -0.15) is 0 Å². The summed E-state index contributed by atoms with van der Waals surface area (Å²) in [7, 11) is 1.95. The zero-order chi connectivity index (χ0) is 20.4. The molecule has 30 heavy (non-hydrogen) atoms. The molecule has 2 aromatic carbocycles. The van der Waals surface area contributed by atoms with Gasteiger partial charge in [0.2, 0.25) is 0 Å². The van der Waals surface area contributed by atoms with Gasteiger partial charge in [0.15, 0.2) is 17.2 Å². The Morgan fingerprint density at radius 3 is 2.30 bits per heavy atom. The molecule has 5 nitrogen and oxygen atoms in total. The lowest BCUT2D eigenvalue weighted by Crippen LogP contribution is -2.00. The van der Waals surface area contributed by atoms with Gasteiger partial charge in [-0.1, -0.05) is 24.3 Å². The number of rotatable bonds is 2. The van der Waals surface area contributed by atoms with Crippen LogP contribution < -0.4 is 0 Å². The number of carbonyl (C=O) groups is 2. The number of carbonyl (C=O) groups excluding carboxylic acids is 2. The van der Waals surface area contributed by atoms with Gasteiger partial charge in [-0.3, -0.25) is 9.59 Å². The fourth-order valence-corrected chi connectivity index (χ4v) is 5.56. The van der Waals surface area contributed by atoms with E-state index in [2.05, 4.69) is 9.97 Å². The second-order valence-corrected chi connectivity index (χ2v) is 9.08. The second-order valence-electron chi connectivity index (χ2n) is 7.13. The molecule has 0 fully saturated rings. The third-order valence-electron chi connectivity index (χ3n) is 5.38. The van der Waals surface area contributed by atoms with Crippen LogP contribution in [0.3, 0.4) is 0 Å². The quantitative estimate of drug-likeness (QED) is 0.280. The van der Waals surface area contributed by atoms with E-state index in [1.807, 2.05) is 59.5 Å². The van der Waals surface area contributed by atoms with E-state index < -0.39 is 0 Å². The Kier molecular flexibility index (Phi) is 3.65. The Bertz CT molecular complexity index is 1480. The molecule has 0 saturated heterocycles. The molecule has 3 aromatic heterocycles. The van der Waals surface area contributed by atoms with E-state index in [1.54, 1.807) is 23.6 Å². The van der Waals surface area contributed by atoms with Crippen molar-refractivity contribution < 1.29 is 9.59 Å². The first-order chi connectivity index (χ1) is 14.6.